The van der Waals surface area contributed by atoms with E-state index in [2.05, 4.69) is 20.4 Å². The molecule has 7 heteroatoms. The van der Waals surface area contributed by atoms with Gasteiger partial charge in [-0.1, -0.05) is 11.2 Å². The standard InChI is InChI=1S/C19H25FN4O2/c1-13-18(14(2)26-23-13)12-24-11-15(20)9-17(24)10-22-19(25)7-6-16-5-3-4-8-21-16/h3-5,8,15,17H,6-7,9-12H2,1-2H3,(H,22,25)/t15-,17-/m0/s1. The zero-order valence-electron chi connectivity index (χ0n) is 15.2. The van der Waals surface area contributed by atoms with Gasteiger partial charge in [-0.2, -0.15) is 0 Å². The molecule has 140 valence electrons. The molecular formula is C19H25FN4O2. The number of aromatic nitrogens is 2. The third-order valence-electron chi connectivity index (χ3n) is 4.89. The van der Waals surface area contributed by atoms with Crippen molar-refractivity contribution in [2.24, 2.45) is 0 Å². The van der Waals surface area contributed by atoms with Crippen molar-refractivity contribution >= 4 is 5.91 Å². The molecular weight excluding hydrogens is 335 g/mol. The molecule has 0 spiro atoms. The summed E-state index contributed by atoms with van der Waals surface area (Å²) in [4.78, 5) is 18.4. The quantitative estimate of drug-likeness (QED) is 0.821. The van der Waals surface area contributed by atoms with E-state index in [0.29, 0.717) is 38.9 Å². The Bertz CT molecular complexity index is 715. The van der Waals surface area contributed by atoms with Crippen LogP contribution in [-0.2, 0) is 17.8 Å². The molecule has 1 amide bonds. The zero-order chi connectivity index (χ0) is 18.5. The van der Waals surface area contributed by atoms with Crippen LogP contribution in [0.2, 0.25) is 0 Å². The average molecular weight is 360 g/mol. The fourth-order valence-corrected chi connectivity index (χ4v) is 3.37. The first kappa shape index (κ1) is 18.5. The lowest BCUT2D eigenvalue weighted by atomic mass is 10.1. The van der Waals surface area contributed by atoms with Gasteiger partial charge in [-0.15, -0.1) is 0 Å². The second kappa shape index (κ2) is 8.40. The Hall–Kier alpha value is -2.28. The van der Waals surface area contributed by atoms with Crippen LogP contribution < -0.4 is 5.32 Å². The van der Waals surface area contributed by atoms with E-state index in [1.54, 1.807) is 6.20 Å². The van der Waals surface area contributed by atoms with Crippen molar-refractivity contribution in [3.05, 3.63) is 47.1 Å². The molecule has 0 radical (unpaired) electrons. The highest BCUT2D eigenvalue weighted by atomic mass is 19.1. The molecule has 1 aliphatic rings. The summed E-state index contributed by atoms with van der Waals surface area (Å²) in [5, 5.41) is 6.90. The van der Waals surface area contributed by atoms with E-state index in [1.807, 2.05) is 32.0 Å². The van der Waals surface area contributed by atoms with Gasteiger partial charge in [0.25, 0.3) is 0 Å². The van der Waals surface area contributed by atoms with Crippen LogP contribution in [0.4, 0.5) is 4.39 Å². The van der Waals surface area contributed by atoms with Crippen LogP contribution in [0.5, 0.6) is 0 Å². The van der Waals surface area contributed by atoms with E-state index >= 15 is 0 Å². The number of halogens is 1. The van der Waals surface area contributed by atoms with Gasteiger partial charge in [-0.25, -0.2) is 4.39 Å². The predicted molar refractivity (Wildman–Crippen MR) is 95.3 cm³/mol. The molecule has 26 heavy (non-hydrogen) atoms. The highest BCUT2D eigenvalue weighted by Crippen LogP contribution is 2.24. The second-order valence-electron chi connectivity index (χ2n) is 6.84. The van der Waals surface area contributed by atoms with Crippen molar-refractivity contribution in [3.63, 3.8) is 0 Å². The van der Waals surface area contributed by atoms with Gasteiger partial charge in [0.2, 0.25) is 5.91 Å². The number of pyridine rings is 1. The number of alkyl halides is 1. The van der Waals surface area contributed by atoms with E-state index < -0.39 is 6.17 Å². The van der Waals surface area contributed by atoms with E-state index in [4.69, 9.17) is 4.52 Å². The zero-order valence-corrected chi connectivity index (χ0v) is 15.2. The number of hydrogen-bond donors (Lipinski definition) is 1. The van der Waals surface area contributed by atoms with Crippen molar-refractivity contribution in [1.82, 2.24) is 20.4 Å². The molecule has 2 aromatic heterocycles. The summed E-state index contributed by atoms with van der Waals surface area (Å²) in [6.07, 6.45) is 2.27. The SMILES string of the molecule is Cc1noc(C)c1CN1C[C@@H](F)C[C@H]1CNC(=O)CCc1ccccn1. The van der Waals surface area contributed by atoms with Crippen LogP contribution in [0.25, 0.3) is 0 Å². The first-order valence-corrected chi connectivity index (χ1v) is 8.99. The number of carbonyl (C=O) groups excluding carboxylic acids is 1. The predicted octanol–water partition coefficient (Wildman–Crippen LogP) is 2.35. The lowest BCUT2D eigenvalue weighted by Crippen LogP contribution is -2.40. The third-order valence-corrected chi connectivity index (χ3v) is 4.89. The van der Waals surface area contributed by atoms with Crippen molar-refractivity contribution in [2.75, 3.05) is 13.1 Å². The smallest absolute Gasteiger partial charge is 0.220 e. The van der Waals surface area contributed by atoms with Crippen molar-refractivity contribution in [3.8, 4) is 0 Å². The van der Waals surface area contributed by atoms with Crippen molar-refractivity contribution in [1.29, 1.82) is 0 Å². The van der Waals surface area contributed by atoms with Crippen LogP contribution in [-0.4, -0.2) is 46.3 Å². The van der Waals surface area contributed by atoms with Crippen molar-refractivity contribution in [2.45, 2.75) is 51.9 Å². The molecule has 1 fully saturated rings. The van der Waals surface area contributed by atoms with Gasteiger partial charge < -0.3 is 9.84 Å². The largest absolute Gasteiger partial charge is 0.361 e. The minimum absolute atomic E-state index is 0.0162. The summed E-state index contributed by atoms with van der Waals surface area (Å²) in [6, 6.07) is 5.65. The summed E-state index contributed by atoms with van der Waals surface area (Å²) in [7, 11) is 0. The Morgan fingerprint density at radius 3 is 2.96 bits per heavy atom. The molecule has 1 saturated heterocycles. The Morgan fingerprint density at radius 2 is 2.27 bits per heavy atom. The number of likely N-dealkylation sites (tertiary alicyclic amines) is 1. The summed E-state index contributed by atoms with van der Waals surface area (Å²) < 4.78 is 19.1. The van der Waals surface area contributed by atoms with Gasteiger partial charge in [0.1, 0.15) is 11.9 Å². The number of aryl methyl sites for hydroxylation is 3. The maximum Gasteiger partial charge on any atom is 0.220 e. The normalized spacial score (nSPS) is 20.4. The molecule has 2 aromatic rings. The molecule has 2 atom stereocenters. The van der Waals surface area contributed by atoms with Gasteiger partial charge in [0.05, 0.1) is 5.69 Å². The summed E-state index contributed by atoms with van der Waals surface area (Å²) in [6.45, 7) is 5.18. The molecule has 0 saturated carbocycles. The third kappa shape index (κ3) is 4.66. The molecule has 0 unspecified atom stereocenters. The number of carbonyl (C=O) groups is 1. The monoisotopic (exact) mass is 360 g/mol. The Balaban J connectivity index is 1.50. The van der Waals surface area contributed by atoms with Crippen LogP contribution in [0, 0.1) is 13.8 Å². The molecule has 1 N–H and O–H groups in total. The van der Waals surface area contributed by atoms with Gasteiger partial charge in [0, 0.05) is 49.6 Å². The molecule has 6 nitrogen and oxygen atoms in total. The lowest BCUT2D eigenvalue weighted by molar-refractivity contribution is -0.121. The van der Waals surface area contributed by atoms with E-state index in [9.17, 15) is 9.18 Å². The summed E-state index contributed by atoms with van der Waals surface area (Å²) in [5.74, 6) is 0.734. The van der Waals surface area contributed by atoms with E-state index in [0.717, 1.165) is 22.7 Å². The Morgan fingerprint density at radius 1 is 1.42 bits per heavy atom. The molecule has 0 aliphatic carbocycles. The van der Waals surface area contributed by atoms with Gasteiger partial charge in [-0.3, -0.25) is 14.7 Å². The lowest BCUT2D eigenvalue weighted by Gasteiger charge is -2.24. The number of amides is 1. The topological polar surface area (TPSA) is 71.3 Å². The van der Waals surface area contributed by atoms with E-state index in [-0.39, 0.29) is 11.9 Å². The molecule has 3 heterocycles. The Kier molecular flexibility index (Phi) is 5.98. The maximum absolute atomic E-state index is 13.9. The number of nitrogens with one attached hydrogen (secondary N) is 1. The minimum atomic E-state index is -0.870. The summed E-state index contributed by atoms with van der Waals surface area (Å²) >= 11 is 0. The highest BCUT2D eigenvalue weighted by molar-refractivity contribution is 5.76. The first-order chi connectivity index (χ1) is 12.5. The van der Waals surface area contributed by atoms with E-state index in [1.165, 1.54) is 0 Å². The molecule has 0 bridgehead atoms. The van der Waals surface area contributed by atoms with Gasteiger partial charge >= 0.3 is 0 Å². The van der Waals surface area contributed by atoms with Crippen LogP contribution in [0.3, 0.4) is 0 Å². The average Bonchev–Trinajstić information content (AvgIpc) is 3.15. The molecule has 1 aliphatic heterocycles. The minimum Gasteiger partial charge on any atom is -0.361 e. The van der Waals surface area contributed by atoms with Crippen LogP contribution in [0.1, 0.15) is 35.6 Å². The highest BCUT2D eigenvalue weighted by Gasteiger charge is 2.33. The molecule has 3 rings (SSSR count). The number of nitrogens with zero attached hydrogens (tertiary/aromatic N) is 3. The van der Waals surface area contributed by atoms with Gasteiger partial charge in [-0.05, 0) is 38.8 Å². The van der Waals surface area contributed by atoms with Crippen LogP contribution >= 0.6 is 0 Å². The Labute approximate surface area is 152 Å². The van der Waals surface area contributed by atoms with Crippen LogP contribution in [0.15, 0.2) is 28.9 Å². The fraction of sp³-hybridized carbons (Fsp3) is 0.526. The first-order valence-electron chi connectivity index (χ1n) is 8.99. The van der Waals surface area contributed by atoms with Crippen molar-refractivity contribution < 1.29 is 13.7 Å². The van der Waals surface area contributed by atoms with Gasteiger partial charge in [0.15, 0.2) is 0 Å². The molecule has 0 aromatic carbocycles. The maximum atomic E-state index is 13.9. The number of rotatable bonds is 7. The number of hydrogen-bond acceptors (Lipinski definition) is 5. The second-order valence-corrected chi connectivity index (χ2v) is 6.84. The summed E-state index contributed by atoms with van der Waals surface area (Å²) in [5.41, 5.74) is 2.74. The fourth-order valence-electron chi connectivity index (χ4n) is 3.37.